The SMILES string of the molecule is Clc1cc(Br)ccc1-c1ccc(CNCCCSc2nnnn2-c2ccccc2)o1. The molecule has 154 valence electrons. The average molecular weight is 505 g/mol. The van der Waals surface area contributed by atoms with Gasteiger partial charge in [-0.3, -0.25) is 0 Å². The molecule has 0 unspecified atom stereocenters. The van der Waals surface area contributed by atoms with Crippen LogP contribution >= 0.6 is 39.3 Å². The lowest BCUT2D eigenvalue weighted by atomic mass is 10.2. The van der Waals surface area contributed by atoms with Gasteiger partial charge >= 0.3 is 0 Å². The van der Waals surface area contributed by atoms with Crippen molar-refractivity contribution in [2.45, 2.75) is 18.1 Å². The summed E-state index contributed by atoms with van der Waals surface area (Å²) < 4.78 is 8.63. The zero-order chi connectivity index (χ0) is 20.8. The van der Waals surface area contributed by atoms with Crippen LogP contribution in [-0.4, -0.2) is 32.5 Å². The van der Waals surface area contributed by atoms with E-state index in [1.165, 1.54) is 0 Å². The van der Waals surface area contributed by atoms with Gasteiger partial charge < -0.3 is 9.73 Å². The highest BCUT2D eigenvalue weighted by Crippen LogP contribution is 2.31. The van der Waals surface area contributed by atoms with Crippen LogP contribution in [0.4, 0.5) is 0 Å². The van der Waals surface area contributed by atoms with Gasteiger partial charge in [-0.2, -0.15) is 4.68 Å². The van der Waals surface area contributed by atoms with Gasteiger partial charge in [-0.1, -0.05) is 57.5 Å². The second kappa shape index (κ2) is 10.3. The minimum absolute atomic E-state index is 0.660. The topological polar surface area (TPSA) is 68.8 Å². The maximum absolute atomic E-state index is 6.30. The van der Waals surface area contributed by atoms with Crippen LogP contribution in [0.1, 0.15) is 12.2 Å². The quantitative estimate of drug-likeness (QED) is 0.236. The summed E-state index contributed by atoms with van der Waals surface area (Å²) in [6, 6.07) is 19.6. The first-order valence-corrected chi connectivity index (χ1v) is 11.6. The van der Waals surface area contributed by atoms with Gasteiger partial charge in [0, 0.05) is 15.8 Å². The van der Waals surface area contributed by atoms with Gasteiger partial charge in [0.15, 0.2) is 0 Å². The molecule has 0 aliphatic heterocycles. The molecule has 0 saturated heterocycles. The Morgan fingerprint density at radius 2 is 1.97 bits per heavy atom. The van der Waals surface area contributed by atoms with Crippen molar-refractivity contribution in [2.75, 3.05) is 12.3 Å². The molecule has 0 radical (unpaired) electrons. The van der Waals surface area contributed by atoms with Crippen molar-refractivity contribution in [2.24, 2.45) is 0 Å². The summed E-state index contributed by atoms with van der Waals surface area (Å²) in [7, 11) is 0. The number of nitrogens with one attached hydrogen (secondary N) is 1. The van der Waals surface area contributed by atoms with Gasteiger partial charge in [-0.05, 0) is 65.9 Å². The molecule has 0 bridgehead atoms. The molecular weight excluding hydrogens is 486 g/mol. The van der Waals surface area contributed by atoms with Crippen LogP contribution in [0.15, 0.2) is 74.7 Å². The van der Waals surface area contributed by atoms with E-state index in [0.717, 1.165) is 51.1 Å². The number of aromatic nitrogens is 4. The largest absolute Gasteiger partial charge is 0.460 e. The molecule has 2 heterocycles. The first kappa shape index (κ1) is 21.1. The molecule has 4 rings (SSSR count). The second-order valence-electron chi connectivity index (χ2n) is 6.48. The Balaban J connectivity index is 1.22. The van der Waals surface area contributed by atoms with E-state index in [1.807, 2.05) is 60.7 Å². The van der Waals surface area contributed by atoms with Crippen LogP contribution in [0, 0.1) is 0 Å². The molecule has 1 N–H and O–H groups in total. The number of para-hydroxylation sites is 1. The summed E-state index contributed by atoms with van der Waals surface area (Å²) >= 11 is 11.4. The van der Waals surface area contributed by atoms with Crippen LogP contribution in [-0.2, 0) is 6.54 Å². The van der Waals surface area contributed by atoms with Gasteiger partial charge in [-0.15, -0.1) is 5.10 Å². The molecule has 0 aliphatic rings. The van der Waals surface area contributed by atoms with Crippen molar-refractivity contribution in [3.8, 4) is 17.0 Å². The predicted octanol–water partition coefficient (Wildman–Crippen LogP) is 5.61. The van der Waals surface area contributed by atoms with E-state index in [2.05, 4.69) is 36.8 Å². The molecule has 0 aliphatic carbocycles. The monoisotopic (exact) mass is 503 g/mol. The standard InChI is InChI=1S/C21H19BrClN5OS/c22-15-7-9-18(19(23)13-15)20-10-8-17(29-20)14-24-11-4-12-30-21-25-26-27-28(21)16-5-2-1-3-6-16/h1-3,5-10,13,24H,4,11-12,14H2. The van der Waals surface area contributed by atoms with Gasteiger partial charge in [0.1, 0.15) is 11.5 Å². The Kier molecular flexibility index (Phi) is 7.22. The minimum atomic E-state index is 0.660. The molecule has 0 spiro atoms. The highest BCUT2D eigenvalue weighted by molar-refractivity contribution is 9.10. The molecule has 0 amide bonds. The van der Waals surface area contributed by atoms with E-state index in [1.54, 1.807) is 16.4 Å². The molecular formula is C21H19BrClN5OS. The lowest BCUT2D eigenvalue weighted by molar-refractivity contribution is 0.494. The molecule has 4 aromatic rings. The molecule has 9 heteroatoms. The smallest absolute Gasteiger partial charge is 0.214 e. The number of furan rings is 1. The van der Waals surface area contributed by atoms with Gasteiger partial charge in [0.05, 0.1) is 17.3 Å². The number of rotatable bonds is 9. The van der Waals surface area contributed by atoms with E-state index >= 15 is 0 Å². The fourth-order valence-corrected chi connectivity index (χ4v) is 4.48. The van der Waals surface area contributed by atoms with E-state index in [-0.39, 0.29) is 0 Å². The third kappa shape index (κ3) is 5.31. The Morgan fingerprint density at radius 3 is 2.80 bits per heavy atom. The Bertz CT molecular complexity index is 1100. The Labute approximate surface area is 192 Å². The number of hydrogen-bond acceptors (Lipinski definition) is 6. The van der Waals surface area contributed by atoms with Crippen molar-refractivity contribution in [1.29, 1.82) is 0 Å². The van der Waals surface area contributed by atoms with E-state index in [0.29, 0.717) is 11.6 Å². The summed E-state index contributed by atoms with van der Waals surface area (Å²) in [5.74, 6) is 2.57. The Morgan fingerprint density at radius 1 is 1.10 bits per heavy atom. The number of thioether (sulfide) groups is 1. The molecule has 30 heavy (non-hydrogen) atoms. The average Bonchev–Trinajstić information content (AvgIpc) is 3.41. The summed E-state index contributed by atoms with van der Waals surface area (Å²) in [4.78, 5) is 0. The highest BCUT2D eigenvalue weighted by Gasteiger charge is 2.10. The van der Waals surface area contributed by atoms with Crippen LogP contribution < -0.4 is 5.32 Å². The molecule has 2 aromatic carbocycles. The van der Waals surface area contributed by atoms with Gasteiger partial charge in [-0.25, -0.2) is 0 Å². The normalized spacial score (nSPS) is 11.1. The van der Waals surface area contributed by atoms with Crippen molar-refractivity contribution in [3.63, 3.8) is 0 Å². The van der Waals surface area contributed by atoms with Crippen molar-refractivity contribution < 1.29 is 4.42 Å². The van der Waals surface area contributed by atoms with Crippen molar-refractivity contribution >= 4 is 39.3 Å². The first-order valence-electron chi connectivity index (χ1n) is 9.42. The van der Waals surface area contributed by atoms with Gasteiger partial charge in [0.2, 0.25) is 5.16 Å². The Hall–Kier alpha value is -2.13. The highest BCUT2D eigenvalue weighted by atomic mass is 79.9. The van der Waals surface area contributed by atoms with Crippen molar-refractivity contribution in [3.05, 3.63) is 75.9 Å². The van der Waals surface area contributed by atoms with E-state index in [9.17, 15) is 0 Å². The number of benzene rings is 2. The zero-order valence-corrected chi connectivity index (χ0v) is 19.1. The first-order chi connectivity index (χ1) is 14.7. The minimum Gasteiger partial charge on any atom is -0.460 e. The third-order valence-electron chi connectivity index (χ3n) is 4.33. The number of halogens is 2. The molecule has 2 aromatic heterocycles. The summed E-state index contributed by atoms with van der Waals surface area (Å²) in [6.45, 7) is 1.54. The van der Waals surface area contributed by atoms with Crippen LogP contribution in [0.25, 0.3) is 17.0 Å². The third-order valence-corrected chi connectivity index (χ3v) is 6.14. The van der Waals surface area contributed by atoms with E-state index < -0.39 is 0 Å². The fraction of sp³-hybridized carbons (Fsp3) is 0.190. The van der Waals surface area contributed by atoms with Crippen molar-refractivity contribution in [1.82, 2.24) is 25.5 Å². The van der Waals surface area contributed by atoms with Crippen LogP contribution in [0.5, 0.6) is 0 Å². The zero-order valence-electron chi connectivity index (χ0n) is 16.0. The lowest BCUT2D eigenvalue weighted by Gasteiger charge is -2.05. The summed E-state index contributed by atoms with van der Waals surface area (Å²) in [5, 5.41) is 16.9. The number of tetrazole rings is 1. The second-order valence-corrected chi connectivity index (χ2v) is 8.86. The summed E-state index contributed by atoms with van der Waals surface area (Å²) in [6.07, 6.45) is 0.985. The molecule has 0 fully saturated rings. The maximum atomic E-state index is 6.30. The van der Waals surface area contributed by atoms with E-state index in [4.69, 9.17) is 16.0 Å². The predicted molar refractivity (Wildman–Crippen MR) is 123 cm³/mol. The molecule has 6 nitrogen and oxygen atoms in total. The van der Waals surface area contributed by atoms with Gasteiger partial charge in [0.25, 0.3) is 0 Å². The van der Waals surface area contributed by atoms with Crippen LogP contribution in [0.3, 0.4) is 0 Å². The summed E-state index contributed by atoms with van der Waals surface area (Å²) in [5.41, 5.74) is 1.85. The maximum Gasteiger partial charge on any atom is 0.214 e. The fourth-order valence-electron chi connectivity index (χ4n) is 2.88. The molecule has 0 saturated carbocycles. The van der Waals surface area contributed by atoms with Crippen LogP contribution in [0.2, 0.25) is 5.02 Å². The molecule has 0 atom stereocenters. The number of nitrogens with zero attached hydrogens (tertiary/aromatic N) is 4. The lowest BCUT2D eigenvalue weighted by Crippen LogP contribution is -2.14. The number of hydrogen-bond donors (Lipinski definition) is 1.